The molecule has 11 atom stereocenters. The summed E-state index contributed by atoms with van der Waals surface area (Å²) in [4.78, 5) is 82.2. The average molecular weight is 1310 g/mol. The molecule has 0 radical (unpaired) electrons. The van der Waals surface area contributed by atoms with Crippen molar-refractivity contribution in [3.63, 3.8) is 0 Å². The van der Waals surface area contributed by atoms with Crippen LogP contribution in [0.25, 0.3) is 0 Å². The maximum Gasteiger partial charge on any atom is 0.472 e. The van der Waals surface area contributed by atoms with Gasteiger partial charge in [-0.3, -0.25) is 23.4 Å². The number of amides is 2. The van der Waals surface area contributed by atoms with Gasteiger partial charge in [-0.1, -0.05) is 220 Å². The van der Waals surface area contributed by atoms with Crippen molar-refractivity contribution in [2.75, 3.05) is 40.6 Å². The Kier molecular flexibility index (Phi) is 49.2. The average Bonchev–Trinajstić information content (AvgIpc) is 0.966. The van der Waals surface area contributed by atoms with E-state index in [1.807, 2.05) is 0 Å². The molecule has 0 aromatic heterocycles. The number of nitrogens with one attached hydrogen (secondary N) is 2. The van der Waals surface area contributed by atoms with E-state index in [1.54, 1.807) is 7.11 Å². The number of Topliss-reactive ketones (excluding diaryl/α,β-unsaturated/α-hetero) is 1. The molecule has 524 valence electrons. The minimum Gasteiger partial charge on any atom is -0.388 e. The molecule has 2 saturated heterocycles. The predicted octanol–water partition coefficient (Wildman–Crippen LogP) is 13.6. The second-order valence-corrected chi connectivity index (χ2v) is 27.2. The molecule has 0 saturated carbocycles. The van der Waals surface area contributed by atoms with Crippen molar-refractivity contribution in [2.45, 2.75) is 352 Å². The maximum atomic E-state index is 14.1. The number of unbranched alkanes of at least 4 members (excludes halogenated alkanes) is 30. The summed E-state index contributed by atoms with van der Waals surface area (Å²) >= 11 is 0. The summed E-state index contributed by atoms with van der Waals surface area (Å²) in [6.45, 7) is 7.91. The number of phosphoric acid groups is 2. The molecule has 2 heterocycles. The molecule has 0 aliphatic carbocycles. The number of aliphatic hydroxyl groups is 1. The van der Waals surface area contributed by atoms with Crippen LogP contribution in [0.3, 0.4) is 0 Å². The minimum atomic E-state index is -5.39. The molecule has 0 aromatic rings. The normalized spacial score (nSPS) is 22.9. The van der Waals surface area contributed by atoms with Crippen LogP contribution in [0.4, 0.5) is 0 Å². The zero-order valence-corrected chi connectivity index (χ0v) is 57.8. The molecule has 7 N–H and O–H groups in total. The van der Waals surface area contributed by atoms with Crippen molar-refractivity contribution in [2.24, 2.45) is 0 Å². The van der Waals surface area contributed by atoms with E-state index in [0.717, 1.165) is 161 Å². The van der Waals surface area contributed by atoms with E-state index < -0.39 is 102 Å². The monoisotopic (exact) mass is 1310 g/mol. The topological polar surface area (TPSA) is 294 Å². The van der Waals surface area contributed by atoms with Crippen molar-refractivity contribution < 1.29 is 90.4 Å². The highest BCUT2D eigenvalue weighted by molar-refractivity contribution is 7.46. The largest absolute Gasteiger partial charge is 0.472 e. The first-order valence-corrected chi connectivity index (χ1v) is 38.1. The number of carbonyl (C=O) groups is 3. The third-order valence-corrected chi connectivity index (χ3v) is 17.8. The van der Waals surface area contributed by atoms with E-state index in [4.69, 9.17) is 42.2 Å². The Morgan fingerprint density at radius 1 is 0.472 bits per heavy atom. The molecule has 2 aliphatic heterocycles. The van der Waals surface area contributed by atoms with Crippen LogP contribution in [-0.2, 0) is 65.7 Å². The summed E-state index contributed by atoms with van der Waals surface area (Å²) in [6, 6.07) is -2.84. The number of ether oxygens (including phenoxy) is 7. The fraction of sp³-hybridized carbons (Fsp3) is 0.924. The number of carbonyl (C=O) groups excluding carboxylic acids is 3. The highest BCUT2D eigenvalue weighted by Crippen LogP contribution is 2.44. The molecule has 2 rings (SSSR count). The van der Waals surface area contributed by atoms with Crippen LogP contribution in [-0.4, -0.2) is 150 Å². The van der Waals surface area contributed by atoms with Crippen LogP contribution >= 0.6 is 15.6 Å². The fourth-order valence-corrected chi connectivity index (χ4v) is 12.7. The molecule has 0 spiro atoms. The van der Waals surface area contributed by atoms with Gasteiger partial charge in [0.15, 0.2) is 12.6 Å². The van der Waals surface area contributed by atoms with Crippen LogP contribution in [0.1, 0.15) is 285 Å². The molecule has 2 fully saturated rings. The SMILES string of the molecule is CCCCCC/C=C\CCCCCCCCCC(=O)N[C@H]1[C@H](OCC2O[C@H](OP(=O)(O)O)[C@H](NC(=O)CC(=O)CCCCCCCCCCC)[C@@H](OCCCCCCCCCC)[C@@H]2O)O[C@H](COC)[C@@H](OP(=O)(O)O)[C@@H]1OCC[C@@H](CCCCCCC)OC. The second-order valence-electron chi connectivity index (χ2n) is 24.8. The van der Waals surface area contributed by atoms with Gasteiger partial charge in [0.1, 0.15) is 54.5 Å². The van der Waals surface area contributed by atoms with E-state index in [-0.39, 0.29) is 44.5 Å². The second kappa shape index (κ2) is 52.5. The molecule has 21 nitrogen and oxygen atoms in total. The molecule has 23 heteroatoms. The highest BCUT2D eigenvalue weighted by Gasteiger charge is 2.53. The summed E-state index contributed by atoms with van der Waals surface area (Å²) in [5.41, 5.74) is 0. The number of phosphoric ester groups is 2. The standard InChI is InChI=1S/C66H126N2O19P2/c1-7-11-15-19-22-25-26-27-28-29-30-32-34-38-42-46-57(70)67-60-64(82-49-47-54(80-6)45-41-36-18-14-10-4)62(86-88(73,74)75)56(51-79-5)85-65(60)83-52-55-61(72)63(81-48-43-39-35-24-21-17-13-9-3)59(66(84-55)87-89(76,77)78)68-58(71)50-53(69)44-40-37-33-31-23-20-16-12-8-2/h25-26,54-56,59-66,72H,7-24,27-52H2,1-6H3,(H,67,70)(H,68,71)(H2,73,74,75)(H2,76,77,78)/b26-25-/t54-,55?,56-,59-,60-,61-,62-,63-,64-,65-,66-/m1/s1. The smallest absolute Gasteiger partial charge is 0.388 e. The Morgan fingerprint density at radius 3 is 1.45 bits per heavy atom. The van der Waals surface area contributed by atoms with Crippen LogP contribution in [0.2, 0.25) is 0 Å². The van der Waals surface area contributed by atoms with Gasteiger partial charge >= 0.3 is 15.6 Å². The Labute approximate surface area is 536 Å². The van der Waals surface area contributed by atoms with Crippen molar-refractivity contribution in [1.29, 1.82) is 0 Å². The van der Waals surface area contributed by atoms with E-state index in [9.17, 15) is 48.2 Å². The number of hydrogen-bond acceptors (Lipinski definition) is 15. The maximum absolute atomic E-state index is 14.1. The Morgan fingerprint density at radius 2 is 0.921 bits per heavy atom. The van der Waals surface area contributed by atoms with Gasteiger partial charge < -0.3 is 68.5 Å². The lowest BCUT2D eigenvalue weighted by Gasteiger charge is -2.47. The molecular formula is C66H126N2O19P2. The van der Waals surface area contributed by atoms with E-state index in [0.29, 0.717) is 25.7 Å². The van der Waals surface area contributed by atoms with Crippen molar-refractivity contribution in [1.82, 2.24) is 10.6 Å². The molecule has 1 unspecified atom stereocenters. The molecule has 2 amide bonds. The lowest BCUT2D eigenvalue weighted by Crippen LogP contribution is -2.67. The van der Waals surface area contributed by atoms with Crippen molar-refractivity contribution in [3.8, 4) is 0 Å². The first-order valence-electron chi connectivity index (χ1n) is 35.0. The molecule has 2 aliphatic rings. The Hall–Kier alpha value is -1.75. The van der Waals surface area contributed by atoms with Gasteiger partial charge in [0, 0.05) is 40.3 Å². The summed E-state index contributed by atoms with van der Waals surface area (Å²) in [7, 11) is -7.69. The molecule has 0 aromatic carbocycles. The third kappa shape index (κ3) is 41.0. The van der Waals surface area contributed by atoms with E-state index >= 15 is 0 Å². The summed E-state index contributed by atoms with van der Waals surface area (Å²) < 4.78 is 79.3. The van der Waals surface area contributed by atoms with Gasteiger partial charge in [0.05, 0.1) is 25.7 Å². The third-order valence-electron chi connectivity index (χ3n) is 16.8. The number of allylic oxidation sites excluding steroid dienone is 2. The highest BCUT2D eigenvalue weighted by atomic mass is 31.2. The van der Waals surface area contributed by atoms with Crippen LogP contribution < -0.4 is 10.6 Å². The number of rotatable bonds is 59. The van der Waals surface area contributed by atoms with Crippen molar-refractivity contribution >= 4 is 33.2 Å². The lowest BCUT2D eigenvalue weighted by molar-refractivity contribution is -0.301. The van der Waals surface area contributed by atoms with Crippen molar-refractivity contribution in [3.05, 3.63) is 12.2 Å². The van der Waals surface area contributed by atoms with E-state index in [1.165, 1.54) is 58.5 Å². The first-order chi connectivity index (χ1) is 42.9. The van der Waals surface area contributed by atoms with Gasteiger partial charge in [-0.15, -0.1) is 0 Å². The zero-order chi connectivity index (χ0) is 65.4. The number of hydrogen-bond donors (Lipinski definition) is 7. The minimum absolute atomic E-state index is 0.00889. The fourth-order valence-electron chi connectivity index (χ4n) is 11.7. The number of methoxy groups -OCH3 is 2. The summed E-state index contributed by atoms with van der Waals surface area (Å²) in [5, 5.41) is 17.9. The van der Waals surface area contributed by atoms with Gasteiger partial charge in [-0.25, -0.2) is 9.13 Å². The molecule has 89 heavy (non-hydrogen) atoms. The number of ketones is 1. The Bertz CT molecular complexity index is 1900. The van der Waals surface area contributed by atoms with Gasteiger partial charge in [0.25, 0.3) is 0 Å². The summed E-state index contributed by atoms with van der Waals surface area (Å²) in [5.74, 6) is -1.52. The predicted molar refractivity (Wildman–Crippen MR) is 347 cm³/mol. The van der Waals surface area contributed by atoms with Crippen LogP contribution in [0.15, 0.2) is 12.2 Å². The first kappa shape index (κ1) is 83.3. The van der Waals surface area contributed by atoms with Crippen LogP contribution in [0.5, 0.6) is 0 Å². The zero-order valence-electron chi connectivity index (χ0n) is 56.0. The summed E-state index contributed by atoms with van der Waals surface area (Å²) in [6.07, 6.45) is 29.6. The Balaban J connectivity index is 2.45. The van der Waals surface area contributed by atoms with Crippen LogP contribution in [0, 0.1) is 0 Å². The quantitative estimate of drug-likeness (QED) is 0.0129. The molecular weight excluding hydrogens is 1190 g/mol. The lowest BCUT2D eigenvalue weighted by atomic mass is 9.95. The molecule has 0 bridgehead atoms. The van der Waals surface area contributed by atoms with Gasteiger partial charge in [-0.05, 0) is 57.8 Å². The van der Waals surface area contributed by atoms with Gasteiger partial charge in [0.2, 0.25) is 11.8 Å². The van der Waals surface area contributed by atoms with Gasteiger partial charge in [-0.2, -0.15) is 0 Å². The van der Waals surface area contributed by atoms with E-state index in [2.05, 4.69) is 50.5 Å². The number of aliphatic hydroxyl groups excluding tert-OH is 1.